The lowest BCUT2D eigenvalue weighted by Crippen LogP contribution is -2.20. The minimum atomic E-state index is -0.295. The van der Waals surface area contributed by atoms with Crippen molar-refractivity contribution >= 4 is 5.52 Å². The van der Waals surface area contributed by atoms with E-state index in [9.17, 15) is 9.18 Å². The van der Waals surface area contributed by atoms with Gasteiger partial charge in [-0.05, 0) is 44.2 Å². The normalized spacial score (nSPS) is 10.9. The molecule has 3 aromatic rings. The maximum atomic E-state index is 13.0. The van der Waals surface area contributed by atoms with Crippen LogP contribution in [0.4, 0.5) is 4.39 Å². The van der Waals surface area contributed by atoms with E-state index in [4.69, 9.17) is 0 Å². The molecule has 0 amide bonds. The summed E-state index contributed by atoms with van der Waals surface area (Å²) in [5.74, 6) is -0.295. The molecule has 2 heterocycles. The predicted molar refractivity (Wildman–Crippen MR) is 84.3 cm³/mol. The van der Waals surface area contributed by atoms with Crippen molar-refractivity contribution in [3.8, 4) is 11.3 Å². The molecule has 0 spiro atoms. The van der Waals surface area contributed by atoms with Gasteiger partial charge in [0.15, 0.2) is 0 Å². The summed E-state index contributed by atoms with van der Waals surface area (Å²) >= 11 is 0. The predicted octanol–water partition coefficient (Wildman–Crippen LogP) is 3.27. The van der Waals surface area contributed by atoms with Crippen molar-refractivity contribution in [1.82, 2.24) is 14.2 Å². The highest BCUT2D eigenvalue weighted by atomic mass is 19.1. The second kappa shape index (κ2) is 5.60. The quantitative estimate of drug-likeness (QED) is 0.696. The highest BCUT2D eigenvalue weighted by Gasteiger charge is 2.08. The Labute approximate surface area is 127 Å². The van der Waals surface area contributed by atoms with Crippen LogP contribution >= 0.6 is 0 Å². The molecule has 0 saturated heterocycles. The average molecular weight is 297 g/mol. The van der Waals surface area contributed by atoms with E-state index in [0.29, 0.717) is 17.8 Å². The zero-order valence-electron chi connectivity index (χ0n) is 12.5. The highest BCUT2D eigenvalue weighted by Crippen LogP contribution is 2.18. The van der Waals surface area contributed by atoms with Crippen LogP contribution in [0.1, 0.15) is 13.8 Å². The van der Waals surface area contributed by atoms with Crippen LogP contribution in [0.25, 0.3) is 16.8 Å². The maximum absolute atomic E-state index is 13.0. The Morgan fingerprint density at radius 1 is 1.23 bits per heavy atom. The maximum Gasteiger partial charge on any atom is 0.276 e. The zero-order valence-corrected chi connectivity index (χ0v) is 12.5. The Kier molecular flexibility index (Phi) is 3.63. The Hall–Kier alpha value is -2.69. The van der Waals surface area contributed by atoms with Gasteiger partial charge >= 0.3 is 0 Å². The fourth-order valence-electron chi connectivity index (χ4n) is 2.21. The molecule has 0 radical (unpaired) electrons. The molecule has 0 aliphatic carbocycles. The number of hydrogen-bond donors (Lipinski definition) is 0. The van der Waals surface area contributed by atoms with E-state index >= 15 is 0 Å². The van der Waals surface area contributed by atoms with Crippen molar-refractivity contribution < 1.29 is 4.39 Å². The Bertz CT molecular complexity index is 900. The zero-order chi connectivity index (χ0) is 15.7. The topological polar surface area (TPSA) is 39.3 Å². The number of allylic oxidation sites excluding steroid dienone is 2. The molecule has 0 aliphatic heterocycles. The van der Waals surface area contributed by atoms with Crippen LogP contribution in [0.15, 0.2) is 59.2 Å². The first-order chi connectivity index (χ1) is 10.5. The van der Waals surface area contributed by atoms with E-state index in [1.54, 1.807) is 39.7 Å². The molecule has 22 heavy (non-hydrogen) atoms. The monoisotopic (exact) mass is 297 g/mol. The minimum absolute atomic E-state index is 0.0964. The van der Waals surface area contributed by atoms with E-state index in [1.807, 2.05) is 19.9 Å². The Balaban J connectivity index is 2.06. The molecule has 5 heteroatoms. The molecular formula is C17H16FN3O. The molecule has 0 saturated carbocycles. The summed E-state index contributed by atoms with van der Waals surface area (Å²) in [4.78, 5) is 12.5. The molecule has 0 atom stereocenters. The van der Waals surface area contributed by atoms with Gasteiger partial charge < -0.3 is 4.57 Å². The van der Waals surface area contributed by atoms with Crippen LogP contribution < -0.4 is 5.56 Å². The number of fused-ring (bicyclic) bond motifs is 1. The molecule has 0 fully saturated rings. The van der Waals surface area contributed by atoms with Gasteiger partial charge in [0.25, 0.3) is 5.56 Å². The second-order valence-corrected chi connectivity index (χ2v) is 5.40. The summed E-state index contributed by atoms with van der Waals surface area (Å²) in [6.45, 7) is 4.53. The summed E-state index contributed by atoms with van der Waals surface area (Å²) in [5, 5.41) is 4.38. The van der Waals surface area contributed by atoms with Crippen LogP contribution in [0, 0.1) is 5.82 Å². The van der Waals surface area contributed by atoms with Crippen LogP contribution in [0.3, 0.4) is 0 Å². The number of benzene rings is 1. The lowest BCUT2D eigenvalue weighted by atomic mass is 10.1. The van der Waals surface area contributed by atoms with E-state index in [1.165, 1.54) is 12.1 Å². The third-order valence-corrected chi connectivity index (χ3v) is 3.44. The van der Waals surface area contributed by atoms with Crippen LogP contribution in [0.2, 0.25) is 0 Å². The molecule has 3 rings (SSSR count). The number of hydrogen-bond acceptors (Lipinski definition) is 2. The molecule has 112 valence electrons. The smallest absolute Gasteiger partial charge is 0.276 e. The lowest BCUT2D eigenvalue weighted by molar-refractivity contribution is 0.628. The van der Waals surface area contributed by atoms with Gasteiger partial charge in [-0.15, -0.1) is 0 Å². The third-order valence-electron chi connectivity index (χ3n) is 3.44. The second-order valence-electron chi connectivity index (χ2n) is 5.40. The summed E-state index contributed by atoms with van der Waals surface area (Å²) in [6.07, 6.45) is 5.47. The minimum Gasteiger partial charge on any atom is -0.308 e. The van der Waals surface area contributed by atoms with E-state index < -0.39 is 0 Å². The molecule has 0 unspecified atom stereocenters. The van der Waals surface area contributed by atoms with Gasteiger partial charge in [-0.2, -0.15) is 5.10 Å². The molecule has 2 aromatic heterocycles. The highest BCUT2D eigenvalue weighted by molar-refractivity contribution is 5.65. The van der Waals surface area contributed by atoms with Crippen molar-refractivity contribution in [1.29, 1.82) is 0 Å². The molecule has 0 aliphatic rings. The standard InChI is InChI=1S/C17H16FN3O/c1-12(2)7-8-20-9-10-21-16(17(20)22)11-15(19-21)13-3-5-14(18)6-4-13/h3-7,9-11H,8H2,1-2H3. The van der Waals surface area contributed by atoms with Crippen molar-refractivity contribution in [2.24, 2.45) is 0 Å². The molecular weight excluding hydrogens is 281 g/mol. The fourth-order valence-corrected chi connectivity index (χ4v) is 2.21. The SMILES string of the molecule is CC(C)=CCn1ccn2nc(-c3ccc(F)cc3)cc2c1=O. The van der Waals surface area contributed by atoms with E-state index in [-0.39, 0.29) is 11.4 Å². The molecule has 4 nitrogen and oxygen atoms in total. The van der Waals surface area contributed by atoms with Gasteiger partial charge in [-0.3, -0.25) is 4.79 Å². The summed E-state index contributed by atoms with van der Waals surface area (Å²) in [7, 11) is 0. The Morgan fingerprint density at radius 2 is 1.95 bits per heavy atom. The van der Waals surface area contributed by atoms with Gasteiger partial charge in [0.1, 0.15) is 11.3 Å². The van der Waals surface area contributed by atoms with Crippen LogP contribution in [-0.2, 0) is 6.54 Å². The van der Waals surface area contributed by atoms with Crippen molar-refractivity contribution in [2.45, 2.75) is 20.4 Å². The third kappa shape index (κ3) is 2.70. The average Bonchev–Trinajstić information content (AvgIpc) is 2.92. The number of nitrogens with zero attached hydrogens (tertiary/aromatic N) is 3. The first-order valence-corrected chi connectivity index (χ1v) is 7.03. The fraction of sp³-hybridized carbons (Fsp3) is 0.176. The number of halogens is 1. The first kappa shape index (κ1) is 14.3. The summed E-state index contributed by atoms with van der Waals surface area (Å²) < 4.78 is 16.2. The van der Waals surface area contributed by atoms with Crippen LogP contribution in [-0.4, -0.2) is 14.2 Å². The van der Waals surface area contributed by atoms with Gasteiger partial charge in [-0.1, -0.05) is 11.6 Å². The van der Waals surface area contributed by atoms with E-state index in [2.05, 4.69) is 5.10 Å². The van der Waals surface area contributed by atoms with Gasteiger partial charge in [0, 0.05) is 24.5 Å². The summed E-state index contributed by atoms with van der Waals surface area (Å²) in [5.41, 5.74) is 2.99. The molecule has 0 bridgehead atoms. The van der Waals surface area contributed by atoms with Crippen LogP contribution in [0.5, 0.6) is 0 Å². The largest absolute Gasteiger partial charge is 0.308 e. The van der Waals surface area contributed by atoms with Crippen molar-refractivity contribution in [2.75, 3.05) is 0 Å². The van der Waals surface area contributed by atoms with Crippen molar-refractivity contribution in [3.63, 3.8) is 0 Å². The van der Waals surface area contributed by atoms with Gasteiger partial charge in [-0.25, -0.2) is 8.91 Å². The molecule has 1 aromatic carbocycles. The molecule has 0 N–H and O–H groups in total. The first-order valence-electron chi connectivity index (χ1n) is 7.03. The Morgan fingerprint density at radius 3 is 2.64 bits per heavy atom. The number of rotatable bonds is 3. The van der Waals surface area contributed by atoms with Crippen molar-refractivity contribution in [3.05, 3.63) is 70.5 Å². The van der Waals surface area contributed by atoms with Gasteiger partial charge in [0.2, 0.25) is 0 Å². The lowest BCUT2D eigenvalue weighted by Gasteiger charge is -2.02. The summed E-state index contributed by atoms with van der Waals surface area (Å²) in [6, 6.07) is 7.80. The van der Waals surface area contributed by atoms with Gasteiger partial charge in [0.05, 0.1) is 5.69 Å². The van der Waals surface area contributed by atoms with E-state index in [0.717, 1.165) is 11.1 Å². The number of aromatic nitrogens is 3.